The SMILES string of the molecule is COCCN(Cc1ccco1)C(=O)c1cc2ccc(C)cc2[nH]1. The lowest BCUT2D eigenvalue weighted by atomic mass is 10.2. The van der Waals surface area contributed by atoms with Crippen molar-refractivity contribution in [1.82, 2.24) is 9.88 Å². The fourth-order valence-electron chi connectivity index (χ4n) is 2.57. The summed E-state index contributed by atoms with van der Waals surface area (Å²) in [6.45, 7) is 3.43. The van der Waals surface area contributed by atoms with Gasteiger partial charge in [0.1, 0.15) is 11.5 Å². The largest absolute Gasteiger partial charge is 0.467 e. The molecule has 5 heteroatoms. The molecule has 3 aromatic rings. The van der Waals surface area contributed by atoms with Crippen LogP contribution >= 0.6 is 0 Å². The van der Waals surface area contributed by atoms with Crippen LogP contribution in [-0.2, 0) is 11.3 Å². The van der Waals surface area contributed by atoms with Crippen LogP contribution in [0.25, 0.3) is 10.9 Å². The summed E-state index contributed by atoms with van der Waals surface area (Å²) in [6, 6.07) is 11.7. The highest BCUT2D eigenvalue weighted by atomic mass is 16.5. The molecule has 3 rings (SSSR count). The molecule has 0 spiro atoms. The zero-order valence-corrected chi connectivity index (χ0v) is 13.3. The van der Waals surface area contributed by atoms with Gasteiger partial charge in [-0.2, -0.15) is 0 Å². The molecule has 23 heavy (non-hydrogen) atoms. The number of furan rings is 1. The van der Waals surface area contributed by atoms with Gasteiger partial charge in [0.2, 0.25) is 0 Å². The van der Waals surface area contributed by atoms with E-state index in [1.54, 1.807) is 18.3 Å². The van der Waals surface area contributed by atoms with Gasteiger partial charge in [-0.05, 0) is 36.8 Å². The summed E-state index contributed by atoms with van der Waals surface area (Å²) in [5.74, 6) is 0.689. The van der Waals surface area contributed by atoms with Gasteiger partial charge in [0, 0.05) is 24.6 Å². The van der Waals surface area contributed by atoms with Crippen molar-refractivity contribution in [3.8, 4) is 0 Å². The third-order valence-corrected chi connectivity index (χ3v) is 3.79. The Labute approximate surface area is 134 Å². The number of benzene rings is 1. The van der Waals surface area contributed by atoms with Gasteiger partial charge >= 0.3 is 0 Å². The summed E-state index contributed by atoms with van der Waals surface area (Å²) in [7, 11) is 1.63. The van der Waals surface area contributed by atoms with E-state index in [1.165, 1.54) is 0 Å². The number of carbonyl (C=O) groups is 1. The van der Waals surface area contributed by atoms with E-state index in [4.69, 9.17) is 9.15 Å². The number of nitrogens with one attached hydrogen (secondary N) is 1. The van der Waals surface area contributed by atoms with Crippen molar-refractivity contribution in [2.75, 3.05) is 20.3 Å². The number of aromatic amines is 1. The Morgan fingerprint density at radius 3 is 2.91 bits per heavy atom. The zero-order chi connectivity index (χ0) is 16.2. The van der Waals surface area contributed by atoms with Gasteiger partial charge in [-0.3, -0.25) is 4.79 Å². The van der Waals surface area contributed by atoms with Crippen molar-refractivity contribution in [3.63, 3.8) is 0 Å². The molecular weight excluding hydrogens is 292 g/mol. The quantitative estimate of drug-likeness (QED) is 0.759. The first-order chi connectivity index (χ1) is 11.2. The second-order valence-corrected chi connectivity index (χ2v) is 5.57. The van der Waals surface area contributed by atoms with E-state index in [1.807, 2.05) is 43.3 Å². The highest BCUT2D eigenvalue weighted by Crippen LogP contribution is 2.19. The Hall–Kier alpha value is -2.53. The Morgan fingerprint density at radius 2 is 2.17 bits per heavy atom. The van der Waals surface area contributed by atoms with E-state index in [-0.39, 0.29) is 5.91 Å². The number of carbonyl (C=O) groups excluding carboxylic acids is 1. The minimum Gasteiger partial charge on any atom is -0.467 e. The second kappa shape index (κ2) is 6.71. The summed E-state index contributed by atoms with van der Waals surface area (Å²) in [5, 5.41) is 1.03. The number of H-pyrrole nitrogens is 1. The van der Waals surface area contributed by atoms with Gasteiger partial charge in [0.05, 0.1) is 19.4 Å². The van der Waals surface area contributed by atoms with Crippen LogP contribution in [0.3, 0.4) is 0 Å². The zero-order valence-electron chi connectivity index (χ0n) is 13.3. The molecule has 0 aliphatic heterocycles. The molecule has 1 aromatic carbocycles. The summed E-state index contributed by atoms with van der Waals surface area (Å²) >= 11 is 0. The molecule has 1 N–H and O–H groups in total. The number of hydrogen-bond acceptors (Lipinski definition) is 3. The number of amides is 1. The van der Waals surface area contributed by atoms with Crippen molar-refractivity contribution in [2.24, 2.45) is 0 Å². The van der Waals surface area contributed by atoms with Crippen molar-refractivity contribution in [2.45, 2.75) is 13.5 Å². The molecule has 5 nitrogen and oxygen atoms in total. The molecule has 1 amide bonds. The molecule has 0 saturated carbocycles. The molecule has 0 radical (unpaired) electrons. The average molecular weight is 312 g/mol. The Kier molecular flexibility index (Phi) is 4.48. The lowest BCUT2D eigenvalue weighted by Crippen LogP contribution is -2.33. The molecule has 0 fully saturated rings. The number of hydrogen-bond donors (Lipinski definition) is 1. The molecule has 2 aromatic heterocycles. The monoisotopic (exact) mass is 312 g/mol. The Morgan fingerprint density at radius 1 is 1.30 bits per heavy atom. The maximum absolute atomic E-state index is 12.8. The fourth-order valence-corrected chi connectivity index (χ4v) is 2.57. The summed E-state index contributed by atoms with van der Waals surface area (Å²) in [4.78, 5) is 17.8. The van der Waals surface area contributed by atoms with Crippen LogP contribution in [0.5, 0.6) is 0 Å². The summed E-state index contributed by atoms with van der Waals surface area (Å²) in [6.07, 6.45) is 1.61. The van der Waals surface area contributed by atoms with E-state index >= 15 is 0 Å². The number of aryl methyl sites for hydroxylation is 1. The van der Waals surface area contributed by atoms with Gasteiger partial charge in [0.15, 0.2) is 0 Å². The number of methoxy groups -OCH3 is 1. The normalized spacial score (nSPS) is 11.0. The average Bonchev–Trinajstić information content (AvgIpc) is 3.19. The smallest absolute Gasteiger partial charge is 0.270 e. The molecule has 0 bridgehead atoms. The van der Waals surface area contributed by atoms with Crippen LogP contribution in [0.1, 0.15) is 21.8 Å². The van der Waals surface area contributed by atoms with Gasteiger partial charge in [-0.25, -0.2) is 0 Å². The minimum absolute atomic E-state index is 0.0627. The lowest BCUT2D eigenvalue weighted by molar-refractivity contribution is 0.0661. The molecular formula is C18H20N2O3. The molecule has 120 valence electrons. The highest BCUT2D eigenvalue weighted by Gasteiger charge is 2.19. The van der Waals surface area contributed by atoms with Crippen molar-refractivity contribution in [1.29, 1.82) is 0 Å². The van der Waals surface area contributed by atoms with Crippen LogP contribution < -0.4 is 0 Å². The summed E-state index contributed by atoms with van der Waals surface area (Å²) in [5.41, 5.74) is 2.71. The number of rotatable bonds is 6. The van der Waals surface area contributed by atoms with Crippen LogP contribution in [0, 0.1) is 6.92 Å². The first-order valence-electron chi connectivity index (χ1n) is 7.57. The highest BCUT2D eigenvalue weighted by molar-refractivity contribution is 5.98. The molecule has 0 atom stereocenters. The maximum atomic E-state index is 12.8. The second-order valence-electron chi connectivity index (χ2n) is 5.57. The molecule has 0 aliphatic carbocycles. The predicted octanol–water partition coefficient (Wildman–Crippen LogP) is 3.36. The maximum Gasteiger partial charge on any atom is 0.270 e. The third kappa shape index (κ3) is 3.46. The van der Waals surface area contributed by atoms with Crippen LogP contribution in [-0.4, -0.2) is 36.1 Å². The number of ether oxygens (including phenoxy) is 1. The van der Waals surface area contributed by atoms with Crippen LogP contribution in [0.2, 0.25) is 0 Å². The molecule has 0 aliphatic rings. The van der Waals surface area contributed by atoms with E-state index in [0.29, 0.717) is 25.4 Å². The van der Waals surface area contributed by atoms with E-state index < -0.39 is 0 Å². The first-order valence-corrected chi connectivity index (χ1v) is 7.57. The lowest BCUT2D eigenvalue weighted by Gasteiger charge is -2.20. The van der Waals surface area contributed by atoms with E-state index in [0.717, 1.165) is 22.2 Å². The van der Waals surface area contributed by atoms with Crippen LogP contribution in [0.15, 0.2) is 47.1 Å². The Balaban J connectivity index is 1.85. The number of aromatic nitrogens is 1. The number of nitrogens with zero attached hydrogens (tertiary/aromatic N) is 1. The fraction of sp³-hybridized carbons (Fsp3) is 0.278. The van der Waals surface area contributed by atoms with Crippen molar-refractivity contribution < 1.29 is 13.9 Å². The summed E-state index contributed by atoms with van der Waals surface area (Å²) < 4.78 is 10.5. The van der Waals surface area contributed by atoms with Crippen molar-refractivity contribution in [3.05, 3.63) is 59.7 Å². The van der Waals surface area contributed by atoms with Gasteiger partial charge in [-0.15, -0.1) is 0 Å². The Bertz CT molecular complexity index is 790. The first kappa shape index (κ1) is 15.4. The molecule has 0 saturated heterocycles. The van der Waals surface area contributed by atoms with Crippen LogP contribution in [0.4, 0.5) is 0 Å². The van der Waals surface area contributed by atoms with Gasteiger partial charge < -0.3 is 19.0 Å². The van der Waals surface area contributed by atoms with E-state index in [2.05, 4.69) is 4.98 Å². The predicted molar refractivity (Wildman–Crippen MR) is 88.4 cm³/mol. The minimum atomic E-state index is -0.0627. The topological polar surface area (TPSA) is 58.5 Å². The standard InChI is InChI=1S/C18H20N2O3/c1-13-5-6-14-11-17(19-16(14)10-13)18(21)20(7-9-22-2)12-15-4-3-8-23-15/h3-6,8,10-11,19H,7,9,12H2,1-2H3. The molecule has 0 unspecified atom stereocenters. The third-order valence-electron chi connectivity index (χ3n) is 3.79. The number of fused-ring (bicyclic) bond motifs is 1. The molecule has 2 heterocycles. The van der Waals surface area contributed by atoms with Gasteiger partial charge in [0.25, 0.3) is 5.91 Å². The van der Waals surface area contributed by atoms with E-state index in [9.17, 15) is 4.79 Å². The van der Waals surface area contributed by atoms with Crippen molar-refractivity contribution >= 4 is 16.8 Å². The van der Waals surface area contributed by atoms with Gasteiger partial charge in [-0.1, -0.05) is 12.1 Å².